The van der Waals surface area contributed by atoms with Crippen molar-refractivity contribution >= 4 is 22.9 Å². The highest BCUT2D eigenvalue weighted by Gasteiger charge is 2.27. The Morgan fingerprint density at radius 3 is 2.69 bits per heavy atom. The maximum absolute atomic E-state index is 12.7. The van der Waals surface area contributed by atoms with Gasteiger partial charge < -0.3 is 5.32 Å². The summed E-state index contributed by atoms with van der Waals surface area (Å²) in [6.07, 6.45) is 0.994. The van der Waals surface area contributed by atoms with Gasteiger partial charge in [-0.05, 0) is 35.1 Å². The standard InChI is InChI=1S/C22H21N3O3S/c26-22(18-8-4-5-9-19(18)25(27)28)23-14-20(16-6-2-1-3-7-16)24-12-10-21-17(15-24)11-13-29-21/h1-9,11,13,20H,10,12,14-15H2,(H,23,26)/t20-/m0/s1. The predicted octanol–water partition coefficient (Wildman–Crippen LogP) is 4.19. The van der Waals surface area contributed by atoms with Crippen LogP contribution in [0, 0.1) is 10.1 Å². The molecule has 2 heterocycles. The number of nitro benzene ring substituents is 1. The van der Waals surface area contributed by atoms with Crippen molar-refractivity contribution in [3.05, 3.63) is 97.7 Å². The van der Waals surface area contributed by atoms with Crippen molar-refractivity contribution in [2.75, 3.05) is 13.1 Å². The van der Waals surface area contributed by atoms with Crippen LogP contribution in [0.4, 0.5) is 5.69 Å². The van der Waals surface area contributed by atoms with E-state index in [-0.39, 0.29) is 17.3 Å². The minimum Gasteiger partial charge on any atom is -0.350 e. The van der Waals surface area contributed by atoms with Crippen LogP contribution in [0.3, 0.4) is 0 Å². The molecule has 7 heteroatoms. The number of para-hydroxylation sites is 1. The van der Waals surface area contributed by atoms with Gasteiger partial charge in [0.1, 0.15) is 5.56 Å². The quantitative estimate of drug-likeness (QED) is 0.491. The Labute approximate surface area is 172 Å². The smallest absolute Gasteiger partial charge is 0.282 e. The first-order valence-corrected chi connectivity index (χ1v) is 10.4. The Balaban J connectivity index is 1.54. The molecule has 0 unspecified atom stereocenters. The van der Waals surface area contributed by atoms with Crippen molar-refractivity contribution < 1.29 is 9.72 Å². The number of benzene rings is 2. The summed E-state index contributed by atoms with van der Waals surface area (Å²) < 4.78 is 0. The van der Waals surface area contributed by atoms with Crippen LogP contribution in [0.15, 0.2) is 66.0 Å². The third-order valence-corrected chi connectivity index (χ3v) is 6.29. The van der Waals surface area contributed by atoms with Gasteiger partial charge in [0.25, 0.3) is 11.6 Å². The van der Waals surface area contributed by atoms with Crippen molar-refractivity contribution in [3.8, 4) is 0 Å². The molecule has 1 atom stereocenters. The molecule has 2 aromatic carbocycles. The van der Waals surface area contributed by atoms with Gasteiger partial charge in [-0.15, -0.1) is 11.3 Å². The average Bonchev–Trinajstić information content (AvgIpc) is 3.22. The summed E-state index contributed by atoms with van der Waals surface area (Å²) in [5.41, 5.74) is 2.37. The Kier molecular flexibility index (Phi) is 5.69. The van der Waals surface area contributed by atoms with Crippen LogP contribution in [0.25, 0.3) is 0 Å². The van der Waals surface area contributed by atoms with Gasteiger partial charge >= 0.3 is 0 Å². The second-order valence-electron chi connectivity index (χ2n) is 7.00. The van der Waals surface area contributed by atoms with Gasteiger partial charge in [-0.25, -0.2) is 0 Å². The first-order valence-electron chi connectivity index (χ1n) is 9.49. The number of nitro groups is 1. The van der Waals surface area contributed by atoms with E-state index in [1.807, 2.05) is 18.2 Å². The fourth-order valence-corrected chi connectivity index (χ4v) is 4.67. The highest BCUT2D eigenvalue weighted by atomic mass is 32.1. The molecule has 148 valence electrons. The number of rotatable bonds is 6. The highest BCUT2D eigenvalue weighted by Crippen LogP contribution is 2.30. The van der Waals surface area contributed by atoms with Gasteiger partial charge in [0.2, 0.25) is 0 Å². The van der Waals surface area contributed by atoms with Gasteiger partial charge in [0.05, 0.1) is 11.0 Å². The van der Waals surface area contributed by atoms with E-state index in [1.165, 1.54) is 22.6 Å². The number of fused-ring (bicyclic) bond motifs is 1. The third kappa shape index (κ3) is 4.21. The molecular weight excluding hydrogens is 386 g/mol. The van der Waals surface area contributed by atoms with Gasteiger partial charge in [-0.1, -0.05) is 42.5 Å². The second-order valence-corrected chi connectivity index (χ2v) is 8.00. The summed E-state index contributed by atoms with van der Waals surface area (Å²) in [7, 11) is 0. The SMILES string of the molecule is O=C(NC[C@@H](c1ccccc1)N1CCc2sccc2C1)c1ccccc1[N+](=O)[O-]. The molecule has 1 aromatic heterocycles. The monoisotopic (exact) mass is 407 g/mol. The Hall–Kier alpha value is -3.03. The van der Waals surface area contributed by atoms with Crippen LogP contribution in [0.5, 0.6) is 0 Å². The Bertz CT molecular complexity index is 1020. The van der Waals surface area contributed by atoms with Crippen molar-refractivity contribution in [3.63, 3.8) is 0 Å². The fourth-order valence-electron chi connectivity index (χ4n) is 3.78. The molecule has 0 radical (unpaired) electrons. The van der Waals surface area contributed by atoms with Gasteiger partial charge in [0, 0.05) is 30.6 Å². The predicted molar refractivity (Wildman–Crippen MR) is 113 cm³/mol. The van der Waals surface area contributed by atoms with Crippen LogP contribution in [0.2, 0.25) is 0 Å². The lowest BCUT2D eigenvalue weighted by Gasteiger charge is -2.35. The average molecular weight is 407 g/mol. The normalized spacial score (nSPS) is 14.8. The van der Waals surface area contributed by atoms with E-state index in [9.17, 15) is 14.9 Å². The molecule has 1 amide bonds. The zero-order valence-corrected chi connectivity index (χ0v) is 16.6. The number of hydrogen-bond donors (Lipinski definition) is 1. The van der Waals surface area contributed by atoms with Crippen LogP contribution in [-0.4, -0.2) is 28.8 Å². The van der Waals surface area contributed by atoms with E-state index < -0.39 is 10.8 Å². The van der Waals surface area contributed by atoms with Crippen molar-refractivity contribution in [1.82, 2.24) is 10.2 Å². The lowest BCUT2D eigenvalue weighted by atomic mass is 10.0. The number of nitrogens with one attached hydrogen (secondary N) is 1. The molecule has 0 saturated carbocycles. The minimum atomic E-state index is -0.522. The Morgan fingerprint density at radius 2 is 1.90 bits per heavy atom. The van der Waals surface area contributed by atoms with Gasteiger partial charge in [0.15, 0.2) is 0 Å². The van der Waals surface area contributed by atoms with Crippen LogP contribution < -0.4 is 5.32 Å². The van der Waals surface area contributed by atoms with Crippen LogP contribution in [-0.2, 0) is 13.0 Å². The molecule has 0 fully saturated rings. The first-order chi connectivity index (χ1) is 14.1. The van der Waals surface area contributed by atoms with E-state index in [0.29, 0.717) is 6.54 Å². The summed E-state index contributed by atoms with van der Waals surface area (Å²) in [6.45, 7) is 2.13. The third-order valence-electron chi connectivity index (χ3n) is 5.26. The molecule has 6 nitrogen and oxygen atoms in total. The largest absolute Gasteiger partial charge is 0.350 e. The lowest BCUT2D eigenvalue weighted by Crippen LogP contribution is -2.40. The topological polar surface area (TPSA) is 75.5 Å². The summed E-state index contributed by atoms with van der Waals surface area (Å²) >= 11 is 1.79. The van der Waals surface area contributed by atoms with Crippen molar-refractivity contribution in [2.45, 2.75) is 19.0 Å². The van der Waals surface area contributed by atoms with Gasteiger partial charge in [-0.3, -0.25) is 19.8 Å². The number of hydrogen-bond acceptors (Lipinski definition) is 5. The zero-order chi connectivity index (χ0) is 20.2. The summed E-state index contributed by atoms with van der Waals surface area (Å²) in [6, 6.07) is 18.3. The summed E-state index contributed by atoms with van der Waals surface area (Å²) in [5.74, 6) is -0.425. The number of thiophene rings is 1. The maximum Gasteiger partial charge on any atom is 0.282 e. The molecule has 1 N–H and O–H groups in total. The Morgan fingerprint density at radius 1 is 1.14 bits per heavy atom. The van der Waals surface area contributed by atoms with Crippen molar-refractivity contribution in [1.29, 1.82) is 0 Å². The molecule has 1 aliphatic rings. The molecule has 0 aliphatic carbocycles. The van der Waals surface area contributed by atoms with E-state index in [4.69, 9.17) is 0 Å². The second kappa shape index (κ2) is 8.55. The molecule has 3 aromatic rings. The first kappa shape index (κ1) is 19.3. The number of carbonyl (C=O) groups is 1. The molecule has 0 spiro atoms. The van der Waals surface area contributed by atoms with E-state index in [0.717, 1.165) is 25.1 Å². The molecule has 0 bridgehead atoms. The minimum absolute atomic E-state index is 0.00373. The van der Waals surface area contributed by atoms with E-state index in [1.54, 1.807) is 23.5 Å². The molecule has 29 heavy (non-hydrogen) atoms. The number of nitrogens with zero attached hydrogens (tertiary/aromatic N) is 2. The van der Waals surface area contributed by atoms with E-state index in [2.05, 4.69) is 33.8 Å². The van der Waals surface area contributed by atoms with Crippen molar-refractivity contribution in [2.24, 2.45) is 0 Å². The molecule has 1 aliphatic heterocycles. The van der Waals surface area contributed by atoms with Gasteiger partial charge in [-0.2, -0.15) is 0 Å². The number of carbonyl (C=O) groups excluding carboxylic acids is 1. The highest BCUT2D eigenvalue weighted by molar-refractivity contribution is 7.10. The zero-order valence-electron chi connectivity index (χ0n) is 15.8. The molecule has 0 saturated heterocycles. The summed E-state index contributed by atoms with van der Waals surface area (Å²) in [5, 5.41) is 16.3. The number of amides is 1. The fraction of sp³-hybridized carbons (Fsp3) is 0.227. The van der Waals surface area contributed by atoms with Crippen LogP contribution >= 0.6 is 11.3 Å². The summed E-state index contributed by atoms with van der Waals surface area (Å²) in [4.78, 5) is 27.2. The maximum atomic E-state index is 12.7. The molecular formula is C22H21N3O3S. The van der Waals surface area contributed by atoms with Crippen LogP contribution in [0.1, 0.15) is 32.4 Å². The molecule has 4 rings (SSSR count). The van der Waals surface area contributed by atoms with E-state index >= 15 is 0 Å². The lowest BCUT2D eigenvalue weighted by molar-refractivity contribution is -0.385.